The molecule has 5 rings (SSSR count). The Balaban J connectivity index is 1.28. The van der Waals surface area contributed by atoms with Crippen molar-refractivity contribution in [1.29, 1.82) is 0 Å². The largest absolute Gasteiger partial charge is 0.492 e. The second-order valence-electron chi connectivity index (χ2n) is 8.48. The molecule has 7 nitrogen and oxygen atoms in total. The third-order valence-electron chi connectivity index (χ3n) is 6.04. The third-order valence-corrected chi connectivity index (χ3v) is 7.10. The highest BCUT2D eigenvalue weighted by Crippen LogP contribution is 2.32. The number of nitrogens with zero attached hydrogens (tertiary/aromatic N) is 3. The molecule has 8 heteroatoms. The highest BCUT2D eigenvalue weighted by Gasteiger charge is 2.12. The fourth-order valence-electron chi connectivity index (χ4n) is 4.15. The van der Waals surface area contributed by atoms with Gasteiger partial charge in [-0.2, -0.15) is 5.10 Å². The normalized spacial score (nSPS) is 13.4. The Hall–Kier alpha value is -3.80. The molecule has 0 atom stereocenters. The van der Waals surface area contributed by atoms with Gasteiger partial charge < -0.3 is 10.1 Å². The van der Waals surface area contributed by atoms with Crippen molar-refractivity contribution in [3.8, 4) is 17.6 Å². The van der Waals surface area contributed by atoms with Gasteiger partial charge in [-0.3, -0.25) is 14.8 Å². The summed E-state index contributed by atoms with van der Waals surface area (Å²) >= 11 is 1.54. The van der Waals surface area contributed by atoms with Gasteiger partial charge in [0, 0.05) is 41.0 Å². The summed E-state index contributed by atoms with van der Waals surface area (Å²) in [5, 5.41) is 11.1. The van der Waals surface area contributed by atoms with Crippen LogP contribution in [-0.2, 0) is 0 Å². The van der Waals surface area contributed by atoms with Crippen LogP contribution in [0.4, 0.5) is 0 Å². The van der Waals surface area contributed by atoms with Crippen LogP contribution in [0.1, 0.15) is 34.6 Å². The zero-order valence-electron chi connectivity index (χ0n) is 20.1. The molecule has 2 aromatic heterocycles. The first-order valence-corrected chi connectivity index (χ1v) is 12.8. The SMILES string of the molecule is CNC(=O)c1ccccc1Sc1ccc2c(C#Cc3cc(OCCN4CCCC4)ccn3)n[nH]c2c1. The van der Waals surface area contributed by atoms with Gasteiger partial charge in [-0.15, -0.1) is 0 Å². The molecule has 2 N–H and O–H groups in total. The fourth-order valence-corrected chi connectivity index (χ4v) is 5.14. The molecule has 0 radical (unpaired) electrons. The summed E-state index contributed by atoms with van der Waals surface area (Å²) in [6.07, 6.45) is 4.28. The summed E-state index contributed by atoms with van der Waals surface area (Å²) in [4.78, 5) is 20.9. The van der Waals surface area contributed by atoms with Gasteiger partial charge in [0.15, 0.2) is 0 Å². The van der Waals surface area contributed by atoms with E-state index in [1.54, 1.807) is 13.2 Å². The van der Waals surface area contributed by atoms with E-state index in [1.165, 1.54) is 24.6 Å². The minimum atomic E-state index is -0.104. The number of ether oxygens (including phenoxy) is 1. The summed E-state index contributed by atoms with van der Waals surface area (Å²) in [5.41, 5.74) is 2.84. The molecule has 0 unspecified atom stereocenters. The van der Waals surface area contributed by atoms with E-state index in [0.717, 1.165) is 46.1 Å². The van der Waals surface area contributed by atoms with Gasteiger partial charge in [-0.25, -0.2) is 4.98 Å². The minimum Gasteiger partial charge on any atom is -0.492 e. The average molecular weight is 498 g/mol. The number of hydrogen-bond acceptors (Lipinski definition) is 6. The molecule has 1 aliphatic rings. The Bertz CT molecular complexity index is 1430. The molecule has 36 heavy (non-hydrogen) atoms. The van der Waals surface area contributed by atoms with Crippen molar-refractivity contribution in [2.24, 2.45) is 0 Å². The summed E-state index contributed by atoms with van der Waals surface area (Å²) in [5.74, 6) is 6.92. The lowest BCUT2D eigenvalue weighted by Crippen LogP contribution is -2.25. The number of nitrogens with one attached hydrogen (secondary N) is 2. The number of hydrogen-bond donors (Lipinski definition) is 2. The van der Waals surface area contributed by atoms with Crippen molar-refractivity contribution in [1.82, 2.24) is 25.4 Å². The smallest absolute Gasteiger partial charge is 0.252 e. The number of amides is 1. The second kappa shape index (κ2) is 11.3. The molecule has 2 aromatic carbocycles. The molecule has 1 fully saturated rings. The Kier molecular flexibility index (Phi) is 7.50. The van der Waals surface area contributed by atoms with Crippen LogP contribution in [0.25, 0.3) is 10.9 Å². The molecule has 0 saturated carbocycles. The van der Waals surface area contributed by atoms with E-state index >= 15 is 0 Å². The van der Waals surface area contributed by atoms with Crippen molar-refractivity contribution >= 4 is 28.6 Å². The van der Waals surface area contributed by atoms with Gasteiger partial charge in [0.2, 0.25) is 0 Å². The number of carbonyl (C=O) groups excluding carboxylic acids is 1. The number of aromatic amines is 1. The Labute approximate surface area is 214 Å². The topological polar surface area (TPSA) is 83.1 Å². The van der Waals surface area contributed by atoms with Crippen LogP contribution in [-0.4, -0.2) is 59.3 Å². The van der Waals surface area contributed by atoms with Gasteiger partial charge in [-0.1, -0.05) is 23.9 Å². The number of rotatable bonds is 7. The second-order valence-corrected chi connectivity index (χ2v) is 9.60. The summed E-state index contributed by atoms with van der Waals surface area (Å²) in [6, 6.07) is 17.3. The summed E-state index contributed by atoms with van der Waals surface area (Å²) in [6.45, 7) is 3.93. The molecule has 0 spiro atoms. The van der Waals surface area contributed by atoms with Crippen LogP contribution in [0.2, 0.25) is 0 Å². The first-order chi connectivity index (χ1) is 17.7. The maximum Gasteiger partial charge on any atom is 0.252 e. The van der Waals surface area contributed by atoms with Crippen molar-refractivity contribution < 1.29 is 9.53 Å². The minimum absolute atomic E-state index is 0.104. The Morgan fingerprint density at radius 3 is 2.86 bits per heavy atom. The van der Waals surface area contributed by atoms with E-state index in [-0.39, 0.29) is 5.91 Å². The fraction of sp³-hybridized carbons (Fsp3) is 0.250. The van der Waals surface area contributed by atoms with Gasteiger partial charge in [0.1, 0.15) is 23.7 Å². The van der Waals surface area contributed by atoms with Gasteiger partial charge in [0.05, 0.1) is 11.1 Å². The lowest BCUT2D eigenvalue weighted by atomic mass is 10.2. The zero-order chi connectivity index (χ0) is 24.7. The molecule has 0 bridgehead atoms. The van der Waals surface area contributed by atoms with Crippen LogP contribution < -0.4 is 10.1 Å². The van der Waals surface area contributed by atoms with Crippen LogP contribution in [0.15, 0.2) is 70.6 Å². The number of H-pyrrole nitrogens is 1. The highest BCUT2D eigenvalue weighted by molar-refractivity contribution is 7.99. The molecule has 4 aromatic rings. The van der Waals surface area contributed by atoms with Crippen LogP contribution >= 0.6 is 11.8 Å². The zero-order valence-corrected chi connectivity index (χ0v) is 20.9. The molecule has 182 valence electrons. The van der Waals surface area contributed by atoms with E-state index in [1.807, 2.05) is 54.6 Å². The molecule has 1 aliphatic heterocycles. The van der Waals surface area contributed by atoms with E-state index in [2.05, 4.69) is 37.2 Å². The lowest BCUT2D eigenvalue weighted by molar-refractivity contribution is 0.0960. The van der Waals surface area contributed by atoms with Crippen LogP contribution in [0.3, 0.4) is 0 Å². The highest BCUT2D eigenvalue weighted by atomic mass is 32.2. The van der Waals surface area contributed by atoms with Crippen LogP contribution in [0.5, 0.6) is 5.75 Å². The van der Waals surface area contributed by atoms with Gasteiger partial charge >= 0.3 is 0 Å². The van der Waals surface area contributed by atoms with E-state index < -0.39 is 0 Å². The molecular weight excluding hydrogens is 470 g/mol. The van der Waals surface area contributed by atoms with Crippen molar-refractivity contribution in [3.05, 3.63) is 77.7 Å². The number of likely N-dealkylation sites (tertiary alicyclic amines) is 1. The van der Waals surface area contributed by atoms with Gasteiger partial charge in [0.25, 0.3) is 5.91 Å². The molecule has 0 aliphatic carbocycles. The summed E-state index contributed by atoms with van der Waals surface area (Å²) in [7, 11) is 1.64. The number of pyridine rings is 1. The summed E-state index contributed by atoms with van der Waals surface area (Å²) < 4.78 is 5.91. The maximum atomic E-state index is 12.2. The number of fused-ring (bicyclic) bond motifs is 1. The first kappa shape index (κ1) is 23.9. The molecule has 3 heterocycles. The van der Waals surface area contributed by atoms with E-state index in [9.17, 15) is 4.79 Å². The monoisotopic (exact) mass is 497 g/mol. The molecule has 1 saturated heterocycles. The Morgan fingerprint density at radius 2 is 2.00 bits per heavy atom. The number of benzene rings is 2. The van der Waals surface area contributed by atoms with E-state index in [0.29, 0.717) is 23.6 Å². The maximum absolute atomic E-state index is 12.2. The van der Waals surface area contributed by atoms with Crippen LogP contribution in [0, 0.1) is 11.8 Å². The predicted octanol–water partition coefficient (Wildman–Crippen LogP) is 4.34. The number of carbonyl (C=O) groups is 1. The molecular formula is C28H27N5O2S. The van der Waals surface area contributed by atoms with E-state index in [4.69, 9.17) is 4.74 Å². The van der Waals surface area contributed by atoms with Crippen molar-refractivity contribution in [2.45, 2.75) is 22.6 Å². The quantitative estimate of drug-likeness (QED) is 0.370. The first-order valence-electron chi connectivity index (χ1n) is 12.0. The van der Waals surface area contributed by atoms with Gasteiger partial charge in [-0.05, 0) is 74.2 Å². The molecule has 1 amide bonds. The predicted molar refractivity (Wildman–Crippen MR) is 141 cm³/mol. The number of aromatic nitrogens is 3. The standard InChI is InChI=1S/C28H27N5O2S/c1-29-28(34)24-6-2-3-7-27(24)36-22-9-10-23-25(31-32-26(23)19-22)11-8-20-18-21(12-13-30-20)35-17-16-33-14-4-5-15-33/h2-3,6-7,9-10,12-13,18-19H,4-5,14-17H2,1H3,(H,29,34)(H,31,32). The third kappa shape index (κ3) is 5.70. The average Bonchev–Trinajstić information content (AvgIpc) is 3.57. The van der Waals surface area contributed by atoms with Crippen molar-refractivity contribution in [2.75, 3.05) is 33.3 Å². The lowest BCUT2D eigenvalue weighted by Gasteiger charge is -2.14. The Morgan fingerprint density at radius 1 is 1.14 bits per heavy atom. The van der Waals surface area contributed by atoms with Crippen molar-refractivity contribution in [3.63, 3.8) is 0 Å².